The third kappa shape index (κ3) is 3.88. The molecule has 2 rings (SSSR count). The topological polar surface area (TPSA) is 15.3 Å². The highest BCUT2D eigenvalue weighted by Gasteiger charge is 2.37. The van der Waals surface area contributed by atoms with Crippen molar-refractivity contribution < 1.29 is 0 Å². The van der Waals surface area contributed by atoms with Gasteiger partial charge in [-0.05, 0) is 57.2 Å². The summed E-state index contributed by atoms with van der Waals surface area (Å²) >= 11 is 2.08. The molecule has 2 fully saturated rings. The molecule has 0 amide bonds. The smallest absolute Gasteiger partial charge is 0.0308 e. The Morgan fingerprint density at radius 1 is 1.33 bits per heavy atom. The van der Waals surface area contributed by atoms with Gasteiger partial charge in [0.05, 0.1) is 0 Å². The Morgan fingerprint density at radius 2 is 2.11 bits per heavy atom. The van der Waals surface area contributed by atoms with Gasteiger partial charge in [0, 0.05) is 18.1 Å². The van der Waals surface area contributed by atoms with Crippen molar-refractivity contribution >= 4 is 11.8 Å². The van der Waals surface area contributed by atoms with Crippen LogP contribution in [0.4, 0.5) is 0 Å². The van der Waals surface area contributed by atoms with Crippen LogP contribution in [0, 0.1) is 0 Å². The first-order valence-electron chi connectivity index (χ1n) is 7.82. The number of nitrogens with zero attached hydrogens (tertiary/aromatic N) is 1. The monoisotopic (exact) mass is 270 g/mol. The number of nitrogens with one attached hydrogen (secondary N) is 1. The number of thioether (sulfide) groups is 1. The van der Waals surface area contributed by atoms with Gasteiger partial charge in [0.15, 0.2) is 0 Å². The van der Waals surface area contributed by atoms with Gasteiger partial charge < -0.3 is 5.32 Å². The second kappa shape index (κ2) is 7.16. The summed E-state index contributed by atoms with van der Waals surface area (Å²) in [7, 11) is 0. The Morgan fingerprint density at radius 3 is 2.83 bits per heavy atom. The predicted molar refractivity (Wildman–Crippen MR) is 82.5 cm³/mol. The number of rotatable bonds is 5. The van der Waals surface area contributed by atoms with Crippen LogP contribution in [0.3, 0.4) is 0 Å². The third-order valence-electron chi connectivity index (χ3n) is 4.69. The molecule has 1 atom stereocenters. The molecule has 1 saturated carbocycles. The van der Waals surface area contributed by atoms with Crippen molar-refractivity contribution in [3.05, 3.63) is 0 Å². The Labute approximate surface area is 117 Å². The SMILES string of the molecule is CCSCCCN1CC2(CCCC2)NCCC1C. The maximum atomic E-state index is 3.87. The van der Waals surface area contributed by atoms with Crippen LogP contribution in [0.15, 0.2) is 0 Å². The van der Waals surface area contributed by atoms with E-state index in [0.717, 1.165) is 6.04 Å². The molecule has 1 aliphatic carbocycles. The van der Waals surface area contributed by atoms with Crippen molar-refractivity contribution in [3.8, 4) is 0 Å². The zero-order valence-electron chi connectivity index (χ0n) is 12.2. The van der Waals surface area contributed by atoms with Crippen molar-refractivity contribution in [2.24, 2.45) is 0 Å². The third-order valence-corrected chi connectivity index (χ3v) is 5.68. The maximum Gasteiger partial charge on any atom is 0.0308 e. The average Bonchev–Trinajstić information content (AvgIpc) is 2.75. The average molecular weight is 270 g/mol. The van der Waals surface area contributed by atoms with E-state index in [1.54, 1.807) is 0 Å². The molecule has 2 aliphatic rings. The minimum absolute atomic E-state index is 0.475. The summed E-state index contributed by atoms with van der Waals surface area (Å²) in [6.07, 6.45) is 8.35. The van der Waals surface area contributed by atoms with E-state index in [-0.39, 0.29) is 0 Å². The van der Waals surface area contributed by atoms with Gasteiger partial charge in [-0.1, -0.05) is 19.8 Å². The van der Waals surface area contributed by atoms with Crippen LogP contribution in [0.5, 0.6) is 0 Å². The van der Waals surface area contributed by atoms with Crippen molar-refractivity contribution in [1.82, 2.24) is 10.2 Å². The quantitative estimate of drug-likeness (QED) is 0.773. The fraction of sp³-hybridized carbons (Fsp3) is 1.00. The fourth-order valence-electron chi connectivity index (χ4n) is 3.53. The Kier molecular flexibility index (Phi) is 5.84. The normalized spacial score (nSPS) is 28.7. The van der Waals surface area contributed by atoms with Crippen LogP contribution in [0.1, 0.15) is 52.4 Å². The molecule has 1 unspecified atom stereocenters. The van der Waals surface area contributed by atoms with Crippen molar-refractivity contribution in [1.29, 1.82) is 0 Å². The molecular formula is C15H30N2S. The van der Waals surface area contributed by atoms with E-state index in [2.05, 4.69) is 35.8 Å². The number of hydrogen-bond acceptors (Lipinski definition) is 3. The zero-order chi connectivity index (χ0) is 12.8. The van der Waals surface area contributed by atoms with Crippen molar-refractivity contribution in [3.63, 3.8) is 0 Å². The lowest BCUT2D eigenvalue weighted by atomic mass is 9.97. The molecule has 0 aromatic rings. The standard InChI is InChI=1S/C15H30N2S/c1-3-18-12-6-11-17-13-15(8-4-5-9-15)16-10-7-14(17)2/h14,16H,3-13H2,1-2H3. The summed E-state index contributed by atoms with van der Waals surface area (Å²) in [6, 6.07) is 0.768. The molecule has 2 nitrogen and oxygen atoms in total. The van der Waals surface area contributed by atoms with E-state index in [1.165, 1.54) is 69.7 Å². The molecule has 1 saturated heterocycles. The minimum atomic E-state index is 0.475. The van der Waals surface area contributed by atoms with E-state index >= 15 is 0 Å². The number of hydrogen-bond donors (Lipinski definition) is 1. The Balaban J connectivity index is 1.85. The van der Waals surface area contributed by atoms with Gasteiger partial charge in [-0.3, -0.25) is 4.90 Å². The molecule has 3 heteroatoms. The maximum absolute atomic E-state index is 3.87. The molecule has 1 aliphatic heterocycles. The van der Waals surface area contributed by atoms with Crippen LogP contribution in [0.25, 0.3) is 0 Å². The van der Waals surface area contributed by atoms with Crippen LogP contribution in [-0.2, 0) is 0 Å². The van der Waals surface area contributed by atoms with Gasteiger partial charge in [0.25, 0.3) is 0 Å². The molecule has 0 radical (unpaired) electrons. The first-order chi connectivity index (χ1) is 8.76. The molecule has 1 spiro atoms. The lowest BCUT2D eigenvalue weighted by Gasteiger charge is -2.35. The van der Waals surface area contributed by atoms with Crippen molar-refractivity contribution in [2.75, 3.05) is 31.1 Å². The van der Waals surface area contributed by atoms with E-state index in [0.29, 0.717) is 5.54 Å². The van der Waals surface area contributed by atoms with E-state index in [1.807, 2.05) is 0 Å². The van der Waals surface area contributed by atoms with Crippen LogP contribution in [0.2, 0.25) is 0 Å². The molecule has 0 aromatic carbocycles. The highest BCUT2D eigenvalue weighted by molar-refractivity contribution is 7.99. The summed E-state index contributed by atoms with van der Waals surface area (Å²) in [5, 5.41) is 3.87. The van der Waals surface area contributed by atoms with Crippen LogP contribution < -0.4 is 5.32 Å². The molecular weight excluding hydrogens is 240 g/mol. The lowest BCUT2D eigenvalue weighted by molar-refractivity contribution is 0.168. The van der Waals surface area contributed by atoms with Gasteiger partial charge in [-0.15, -0.1) is 0 Å². The second-order valence-corrected chi connectivity index (χ2v) is 7.47. The molecule has 0 aromatic heterocycles. The summed E-state index contributed by atoms with van der Waals surface area (Å²) < 4.78 is 0. The minimum Gasteiger partial charge on any atom is -0.310 e. The summed E-state index contributed by atoms with van der Waals surface area (Å²) in [6.45, 7) is 8.50. The highest BCUT2D eigenvalue weighted by atomic mass is 32.2. The van der Waals surface area contributed by atoms with Gasteiger partial charge >= 0.3 is 0 Å². The van der Waals surface area contributed by atoms with E-state index < -0.39 is 0 Å². The van der Waals surface area contributed by atoms with E-state index in [4.69, 9.17) is 0 Å². The molecule has 1 heterocycles. The van der Waals surface area contributed by atoms with Gasteiger partial charge in [-0.2, -0.15) is 11.8 Å². The molecule has 1 N–H and O–H groups in total. The largest absolute Gasteiger partial charge is 0.310 e. The van der Waals surface area contributed by atoms with E-state index in [9.17, 15) is 0 Å². The molecule has 106 valence electrons. The molecule has 0 bridgehead atoms. The summed E-state index contributed by atoms with van der Waals surface area (Å²) in [4.78, 5) is 2.77. The van der Waals surface area contributed by atoms with Gasteiger partial charge in [-0.25, -0.2) is 0 Å². The Bertz CT molecular complexity index is 239. The first kappa shape index (κ1) is 14.7. The van der Waals surface area contributed by atoms with Gasteiger partial charge in [0.1, 0.15) is 0 Å². The predicted octanol–water partition coefficient (Wildman–Crippen LogP) is 3.13. The summed E-state index contributed by atoms with van der Waals surface area (Å²) in [5.41, 5.74) is 0.475. The van der Waals surface area contributed by atoms with Crippen LogP contribution in [-0.4, -0.2) is 47.6 Å². The zero-order valence-corrected chi connectivity index (χ0v) is 13.0. The second-order valence-electron chi connectivity index (χ2n) is 6.07. The van der Waals surface area contributed by atoms with Gasteiger partial charge in [0.2, 0.25) is 0 Å². The summed E-state index contributed by atoms with van der Waals surface area (Å²) in [5.74, 6) is 2.60. The van der Waals surface area contributed by atoms with Crippen LogP contribution >= 0.6 is 11.8 Å². The fourth-order valence-corrected chi connectivity index (χ4v) is 4.15. The lowest BCUT2D eigenvalue weighted by Crippen LogP contribution is -2.50. The Hall–Kier alpha value is 0.270. The van der Waals surface area contributed by atoms with Crippen molar-refractivity contribution in [2.45, 2.75) is 64.0 Å². The highest BCUT2D eigenvalue weighted by Crippen LogP contribution is 2.32. The molecule has 18 heavy (non-hydrogen) atoms. The first-order valence-corrected chi connectivity index (χ1v) is 8.98.